The van der Waals surface area contributed by atoms with Crippen molar-refractivity contribution in [2.45, 2.75) is 20.0 Å². The Labute approximate surface area is 210 Å². The number of benzene rings is 3. The molecule has 0 saturated carbocycles. The summed E-state index contributed by atoms with van der Waals surface area (Å²) < 4.78 is 18.5. The summed E-state index contributed by atoms with van der Waals surface area (Å²) in [6, 6.07) is 18.9. The van der Waals surface area contributed by atoms with Crippen LogP contribution in [0.4, 0.5) is 9.52 Å². The Morgan fingerprint density at radius 3 is 2.47 bits per heavy atom. The van der Waals surface area contributed by atoms with Crippen LogP contribution >= 0.6 is 11.3 Å². The molecule has 0 spiro atoms. The van der Waals surface area contributed by atoms with E-state index in [0.29, 0.717) is 33.2 Å². The Morgan fingerprint density at radius 2 is 1.72 bits per heavy atom. The number of H-pyrrole nitrogens is 1. The largest absolute Gasteiger partial charge is 0.449 e. The second-order valence-electron chi connectivity index (χ2n) is 8.26. The van der Waals surface area contributed by atoms with Crippen molar-refractivity contribution in [3.8, 4) is 22.6 Å². The van der Waals surface area contributed by atoms with Gasteiger partial charge < -0.3 is 9.72 Å². The van der Waals surface area contributed by atoms with E-state index in [4.69, 9.17) is 4.74 Å². The van der Waals surface area contributed by atoms with Gasteiger partial charge in [0.05, 0.1) is 22.3 Å². The van der Waals surface area contributed by atoms with Crippen molar-refractivity contribution in [3.63, 3.8) is 0 Å². The number of anilines is 1. The molecule has 2 heterocycles. The van der Waals surface area contributed by atoms with Gasteiger partial charge in [-0.1, -0.05) is 29.8 Å². The summed E-state index contributed by atoms with van der Waals surface area (Å²) >= 11 is 1.22. The summed E-state index contributed by atoms with van der Waals surface area (Å²) in [4.78, 5) is 37.4. The van der Waals surface area contributed by atoms with Crippen molar-refractivity contribution in [2.75, 3.05) is 5.32 Å². The summed E-state index contributed by atoms with van der Waals surface area (Å²) in [6.45, 7) is 3.51. The van der Waals surface area contributed by atoms with Crippen molar-refractivity contribution in [2.24, 2.45) is 0 Å². The predicted octanol–water partition coefficient (Wildman–Crippen LogP) is 5.98. The minimum absolute atomic E-state index is 0.300. The number of aryl methyl sites for hydroxylation is 1. The average molecular weight is 501 g/mol. The standard InChI is InChI=1S/C27H21FN4O3S/c1-15-3-5-18(6-4-15)24-29-21-12-9-19(13-22(21)30-24)26(34)35-16(2)25(33)32-27-31-23(14-36-27)17-7-10-20(28)11-8-17/h3-14,16H,1-2H3,(H,29,30)(H,31,32,33). The van der Waals surface area contributed by atoms with Crippen molar-refractivity contribution in [1.29, 1.82) is 0 Å². The minimum atomic E-state index is -1.05. The van der Waals surface area contributed by atoms with Crippen molar-refractivity contribution >= 4 is 39.4 Å². The van der Waals surface area contributed by atoms with Crippen LogP contribution in [0.3, 0.4) is 0 Å². The Hall–Kier alpha value is -4.37. The van der Waals surface area contributed by atoms with Crippen LogP contribution in [-0.4, -0.2) is 32.9 Å². The van der Waals surface area contributed by atoms with Gasteiger partial charge in [0.1, 0.15) is 11.6 Å². The molecular formula is C27H21FN4O3S. The summed E-state index contributed by atoms with van der Waals surface area (Å²) in [6.07, 6.45) is -1.05. The summed E-state index contributed by atoms with van der Waals surface area (Å²) in [7, 11) is 0. The Morgan fingerprint density at radius 1 is 1.00 bits per heavy atom. The van der Waals surface area contributed by atoms with Gasteiger partial charge in [-0.05, 0) is 56.3 Å². The van der Waals surface area contributed by atoms with Crippen molar-refractivity contribution in [3.05, 3.63) is 89.1 Å². The Balaban J connectivity index is 1.24. The van der Waals surface area contributed by atoms with Crippen LogP contribution in [0.2, 0.25) is 0 Å². The molecule has 0 bridgehead atoms. The number of hydrogen-bond donors (Lipinski definition) is 2. The second kappa shape index (κ2) is 9.71. The fraction of sp³-hybridized carbons (Fsp3) is 0.111. The maximum atomic E-state index is 13.1. The summed E-state index contributed by atoms with van der Waals surface area (Å²) in [5.74, 6) is -0.770. The van der Waals surface area contributed by atoms with Gasteiger partial charge in [0, 0.05) is 16.5 Å². The molecule has 1 amide bonds. The van der Waals surface area contributed by atoms with Gasteiger partial charge in [0.2, 0.25) is 0 Å². The molecule has 9 heteroatoms. The molecule has 1 atom stereocenters. The molecule has 0 aliphatic carbocycles. The van der Waals surface area contributed by atoms with Gasteiger partial charge in [-0.2, -0.15) is 0 Å². The highest BCUT2D eigenvalue weighted by atomic mass is 32.1. The lowest BCUT2D eigenvalue weighted by atomic mass is 10.1. The summed E-state index contributed by atoms with van der Waals surface area (Å²) in [5.41, 5.74) is 5.14. The molecule has 0 aliphatic rings. The first-order chi connectivity index (χ1) is 17.4. The third-order valence-corrected chi connectivity index (χ3v) is 6.33. The molecule has 36 heavy (non-hydrogen) atoms. The van der Waals surface area contributed by atoms with Crippen LogP contribution < -0.4 is 5.32 Å². The number of thiazole rings is 1. The fourth-order valence-electron chi connectivity index (χ4n) is 3.56. The number of carbonyl (C=O) groups excluding carboxylic acids is 2. The number of fused-ring (bicyclic) bond motifs is 1. The fourth-order valence-corrected chi connectivity index (χ4v) is 4.28. The summed E-state index contributed by atoms with van der Waals surface area (Å²) in [5, 5.41) is 4.76. The number of ether oxygens (including phenoxy) is 1. The number of aromatic nitrogens is 3. The van der Waals surface area contributed by atoms with Gasteiger partial charge in [0.15, 0.2) is 11.2 Å². The molecule has 0 saturated heterocycles. The molecule has 5 rings (SSSR count). The minimum Gasteiger partial charge on any atom is -0.449 e. The number of nitrogens with one attached hydrogen (secondary N) is 2. The van der Waals surface area contributed by atoms with E-state index in [1.807, 2.05) is 31.2 Å². The lowest BCUT2D eigenvalue weighted by Gasteiger charge is -2.12. The number of amides is 1. The lowest BCUT2D eigenvalue weighted by Crippen LogP contribution is -2.29. The van der Waals surface area contributed by atoms with Crippen LogP contribution in [0, 0.1) is 12.7 Å². The highest BCUT2D eigenvalue weighted by Crippen LogP contribution is 2.26. The molecule has 180 valence electrons. The zero-order chi connectivity index (χ0) is 25.2. The number of rotatable bonds is 6. The topological polar surface area (TPSA) is 97.0 Å². The van der Waals surface area contributed by atoms with E-state index in [2.05, 4.69) is 20.3 Å². The number of imidazole rings is 1. The van der Waals surface area contributed by atoms with Crippen molar-refractivity contribution < 1.29 is 18.7 Å². The van der Waals surface area contributed by atoms with E-state index in [1.54, 1.807) is 35.7 Å². The van der Waals surface area contributed by atoms with Gasteiger partial charge in [-0.3, -0.25) is 10.1 Å². The van der Waals surface area contributed by atoms with E-state index in [0.717, 1.165) is 16.7 Å². The number of carbonyl (C=O) groups is 2. The van der Waals surface area contributed by atoms with Gasteiger partial charge in [-0.15, -0.1) is 11.3 Å². The first-order valence-corrected chi connectivity index (χ1v) is 12.0. The molecule has 5 aromatic rings. The maximum Gasteiger partial charge on any atom is 0.338 e. The smallest absolute Gasteiger partial charge is 0.338 e. The third-order valence-electron chi connectivity index (χ3n) is 5.57. The molecular weight excluding hydrogens is 479 g/mol. The molecule has 2 N–H and O–H groups in total. The molecule has 1 unspecified atom stereocenters. The SMILES string of the molecule is Cc1ccc(-c2nc3ccc(C(=O)OC(C)C(=O)Nc4nc(-c5ccc(F)cc5)cs4)cc3[nH]2)cc1. The number of esters is 1. The van der Waals surface area contributed by atoms with Crippen LogP contribution in [0.1, 0.15) is 22.8 Å². The first kappa shape index (κ1) is 23.4. The normalized spacial score (nSPS) is 11.9. The molecule has 0 fully saturated rings. The van der Waals surface area contributed by atoms with Gasteiger partial charge in [0.25, 0.3) is 5.91 Å². The Bertz CT molecular complexity index is 1560. The van der Waals surface area contributed by atoms with Crippen LogP contribution in [0.15, 0.2) is 72.1 Å². The van der Waals surface area contributed by atoms with Crippen molar-refractivity contribution in [1.82, 2.24) is 15.0 Å². The molecule has 0 radical (unpaired) electrons. The average Bonchev–Trinajstić information content (AvgIpc) is 3.51. The first-order valence-electron chi connectivity index (χ1n) is 11.2. The number of nitrogens with zero attached hydrogens (tertiary/aromatic N) is 2. The number of aromatic amines is 1. The Kier molecular flexibility index (Phi) is 6.30. The van der Waals surface area contributed by atoms with Crippen LogP contribution in [0.5, 0.6) is 0 Å². The van der Waals surface area contributed by atoms with E-state index in [-0.39, 0.29) is 5.82 Å². The van der Waals surface area contributed by atoms with E-state index in [1.165, 1.54) is 30.4 Å². The van der Waals surface area contributed by atoms with Crippen LogP contribution in [-0.2, 0) is 9.53 Å². The van der Waals surface area contributed by atoms with E-state index >= 15 is 0 Å². The third kappa shape index (κ3) is 5.01. The molecule has 2 aromatic heterocycles. The quantitative estimate of drug-likeness (QED) is 0.279. The zero-order valence-corrected chi connectivity index (χ0v) is 20.2. The zero-order valence-electron chi connectivity index (χ0n) is 19.4. The lowest BCUT2D eigenvalue weighted by molar-refractivity contribution is -0.123. The van der Waals surface area contributed by atoms with Gasteiger partial charge >= 0.3 is 5.97 Å². The highest BCUT2D eigenvalue weighted by molar-refractivity contribution is 7.14. The predicted molar refractivity (Wildman–Crippen MR) is 137 cm³/mol. The highest BCUT2D eigenvalue weighted by Gasteiger charge is 2.21. The maximum absolute atomic E-state index is 13.1. The molecule has 7 nitrogen and oxygen atoms in total. The van der Waals surface area contributed by atoms with E-state index < -0.39 is 18.0 Å². The number of hydrogen-bond acceptors (Lipinski definition) is 6. The van der Waals surface area contributed by atoms with E-state index in [9.17, 15) is 14.0 Å². The number of halogens is 1. The van der Waals surface area contributed by atoms with Crippen LogP contribution in [0.25, 0.3) is 33.7 Å². The monoisotopic (exact) mass is 500 g/mol. The molecule has 3 aromatic carbocycles. The van der Waals surface area contributed by atoms with Gasteiger partial charge in [-0.25, -0.2) is 19.2 Å². The molecule has 0 aliphatic heterocycles. The second-order valence-corrected chi connectivity index (χ2v) is 9.12.